The minimum absolute atomic E-state index is 0.0602. The second-order valence-corrected chi connectivity index (χ2v) is 5.56. The number of hydrogen-bond acceptors (Lipinski definition) is 3. The molecular formula is C16H23N3O2. The minimum atomic E-state index is -0.484. The van der Waals surface area contributed by atoms with E-state index in [4.69, 9.17) is 5.73 Å². The van der Waals surface area contributed by atoms with E-state index in [1.54, 1.807) is 24.3 Å². The molecule has 2 amide bonds. The Hall–Kier alpha value is -1.88. The quantitative estimate of drug-likeness (QED) is 0.718. The molecule has 0 bridgehead atoms. The van der Waals surface area contributed by atoms with Gasteiger partial charge in [-0.05, 0) is 43.5 Å². The molecule has 5 heteroatoms. The molecule has 0 heterocycles. The Labute approximate surface area is 125 Å². The molecule has 0 saturated heterocycles. The highest BCUT2D eigenvalue weighted by Crippen LogP contribution is 2.19. The highest BCUT2D eigenvalue weighted by atomic mass is 16.2. The zero-order valence-electron chi connectivity index (χ0n) is 12.4. The summed E-state index contributed by atoms with van der Waals surface area (Å²) in [6.07, 6.45) is 4.77. The average molecular weight is 289 g/mol. The predicted octanol–water partition coefficient (Wildman–Crippen LogP) is 2.03. The van der Waals surface area contributed by atoms with Gasteiger partial charge in [0.05, 0.1) is 6.04 Å². The van der Waals surface area contributed by atoms with E-state index in [0.717, 1.165) is 25.7 Å². The Morgan fingerprint density at radius 3 is 2.52 bits per heavy atom. The lowest BCUT2D eigenvalue weighted by atomic mass is 10.1. The SMILES string of the molecule is CCCC[C@H](N)C(=O)Nc1ccc(C(=O)NC2CC2)cc1. The fourth-order valence-corrected chi connectivity index (χ4v) is 1.99. The second-order valence-electron chi connectivity index (χ2n) is 5.56. The topological polar surface area (TPSA) is 84.2 Å². The number of carbonyl (C=O) groups is 2. The molecule has 0 radical (unpaired) electrons. The van der Waals surface area contributed by atoms with Gasteiger partial charge in [-0.3, -0.25) is 9.59 Å². The van der Waals surface area contributed by atoms with Crippen LogP contribution >= 0.6 is 0 Å². The van der Waals surface area contributed by atoms with Crippen LogP contribution in [-0.4, -0.2) is 23.9 Å². The van der Waals surface area contributed by atoms with Gasteiger partial charge in [-0.1, -0.05) is 19.8 Å². The van der Waals surface area contributed by atoms with Crippen LogP contribution in [0, 0.1) is 0 Å². The molecule has 5 nitrogen and oxygen atoms in total. The van der Waals surface area contributed by atoms with Crippen molar-refractivity contribution in [1.82, 2.24) is 5.32 Å². The molecule has 21 heavy (non-hydrogen) atoms. The summed E-state index contributed by atoms with van der Waals surface area (Å²) >= 11 is 0. The highest BCUT2D eigenvalue weighted by Gasteiger charge is 2.23. The van der Waals surface area contributed by atoms with Crippen LogP contribution in [0.4, 0.5) is 5.69 Å². The van der Waals surface area contributed by atoms with Crippen LogP contribution in [0.3, 0.4) is 0 Å². The first kappa shape index (κ1) is 15.5. The predicted molar refractivity (Wildman–Crippen MR) is 83.1 cm³/mol. The van der Waals surface area contributed by atoms with E-state index < -0.39 is 6.04 Å². The van der Waals surface area contributed by atoms with Crippen LogP contribution in [-0.2, 0) is 4.79 Å². The third-order valence-corrected chi connectivity index (χ3v) is 3.53. The van der Waals surface area contributed by atoms with Gasteiger partial charge in [0, 0.05) is 17.3 Å². The van der Waals surface area contributed by atoms with E-state index in [9.17, 15) is 9.59 Å². The molecule has 2 rings (SSSR count). The van der Waals surface area contributed by atoms with Crippen molar-refractivity contribution in [3.63, 3.8) is 0 Å². The Morgan fingerprint density at radius 1 is 1.29 bits per heavy atom. The Balaban J connectivity index is 1.86. The van der Waals surface area contributed by atoms with Crippen molar-refractivity contribution in [2.24, 2.45) is 5.73 Å². The van der Waals surface area contributed by atoms with Crippen LogP contribution in [0.25, 0.3) is 0 Å². The van der Waals surface area contributed by atoms with Crippen LogP contribution < -0.4 is 16.4 Å². The summed E-state index contributed by atoms with van der Waals surface area (Å²) in [5.74, 6) is -0.242. The van der Waals surface area contributed by atoms with Crippen LogP contribution in [0.2, 0.25) is 0 Å². The van der Waals surface area contributed by atoms with Gasteiger partial charge in [0.15, 0.2) is 0 Å². The zero-order valence-corrected chi connectivity index (χ0v) is 12.4. The maximum absolute atomic E-state index is 11.9. The van der Waals surface area contributed by atoms with Crippen LogP contribution in [0.5, 0.6) is 0 Å². The normalized spacial score (nSPS) is 15.3. The van der Waals surface area contributed by atoms with Gasteiger partial charge in [-0.2, -0.15) is 0 Å². The maximum Gasteiger partial charge on any atom is 0.251 e. The summed E-state index contributed by atoms with van der Waals surface area (Å²) in [6.45, 7) is 2.07. The lowest BCUT2D eigenvalue weighted by Gasteiger charge is -2.12. The molecule has 1 atom stereocenters. The molecule has 0 aromatic heterocycles. The Morgan fingerprint density at radius 2 is 1.95 bits per heavy atom. The Kier molecular flexibility index (Phi) is 5.33. The molecule has 1 fully saturated rings. The number of amides is 2. The molecule has 1 aliphatic rings. The van der Waals surface area contributed by atoms with Gasteiger partial charge in [0.25, 0.3) is 5.91 Å². The summed E-state index contributed by atoms with van der Waals surface area (Å²) in [5.41, 5.74) is 7.08. The third-order valence-electron chi connectivity index (χ3n) is 3.53. The number of benzene rings is 1. The van der Waals surface area contributed by atoms with Crippen molar-refractivity contribution in [1.29, 1.82) is 0 Å². The standard InChI is InChI=1S/C16H23N3O2/c1-2-3-4-14(17)16(21)19-12-7-5-11(6-8-12)15(20)18-13-9-10-13/h5-8,13-14H,2-4,9-10,17H2,1H3,(H,18,20)(H,19,21)/t14-/m0/s1. The van der Waals surface area contributed by atoms with Gasteiger partial charge in [0.1, 0.15) is 0 Å². The summed E-state index contributed by atoms with van der Waals surface area (Å²) in [7, 11) is 0. The fourth-order valence-electron chi connectivity index (χ4n) is 1.99. The monoisotopic (exact) mass is 289 g/mol. The first-order valence-electron chi connectivity index (χ1n) is 7.57. The number of unbranched alkanes of at least 4 members (excludes halogenated alkanes) is 1. The fraction of sp³-hybridized carbons (Fsp3) is 0.500. The number of anilines is 1. The summed E-state index contributed by atoms with van der Waals surface area (Å²) < 4.78 is 0. The van der Waals surface area contributed by atoms with Gasteiger partial charge in [-0.25, -0.2) is 0 Å². The van der Waals surface area contributed by atoms with Gasteiger partial charge >= 0.3 is 0 Å². The summed E-state index contributed by atoms with van der Waals surface area (Å²) in [4.78, 5) is 23.7. The number of nitrogens with one attached hydrogen (secondary N) is 2. The van der Waals surface area contributed by atoms with Crippen molar-refractivity contribution >= 4 is 17.5 Å². The zero-order chi connectivity index (χ0) is 15.2. The molecule has 4 N–H and O–H groups in total. The third kappa shape index (κ3) is 4.86. The van der Waals surface area contributed by atoms with Gasteiger partial charge < -0.3 is 16.4 Å². The van der Waals surface area contributed by atoms with Crippen molar-refractivity contribution in [2.75, 3.05) is 5.32 Å². The van der Waals surface area contributed by atoms with Crippen LogP contribution in [0.1, 0.15) is 49.4 Å². The highest BCUT2D eigenvalue weighted by molar-refractivity contribution is 5.97. The molecule has 0 aliphatic heterocycles. The molecule has 1 saturated carbocycles. The molecule has 0 spiro atoms. The van der Waals surface area contributed by atoms with Crippen molar-refractivity contribution in [3.05, 3.63) is 29.8 Å². The van der Waals surface area contributed by atoms with Gasteiger partial charge in [-0.15, -0.1) is 0 Å². The van der Waals surface area contributed by atoms with Crippen molar-refractivity contribution in [2.45, 2.75) is 51.1 Å². The van der Waals surface area contributed by atoms with Crippen molar-refractivity contribution < 1.29 is 9.59 Å². The van der Waals surface area contributed by atoms with E-state index in [1.165, 1.54) is 0 Å². The van der Waals surface area contributed by atoms with Crippen molar-refractivity contribution in [3.8, 4) is 0 Å². The van der Waals surface area contributed by atoms with E-state index in [-0.39, 0.29) is 11.8 Å². The lowest BCUT2D eigenvalue weighted by Crippen LogP contribution is -2.35. The second kappa shape index (κ2) is 7.22. The Bertz CT molecular complexity index is 495. The van der Waals surface area contributed by atoms with E-state index in [1.807, 2.05) is 0 Å². The smallest absolute Gasteiger partial charge is 0.251 e. The summed E-state index contributed by atoms with van der Waals surface area (Å²) in [6, 6.07) is 6.74. The minimum Gasteiger partial charge on any atom is -0.349 e. The summed E-state index contributed by atoms with van der Waals surface area (Å²) in [5, 5.41) is 5.70. The lowest BCUT2D eigenvalue weighted by molar-refractivity contribution is -0.117. The molecule has 1 aliphatic carbocycles. The largest absolute Gasteiger partial charge is 0.349 e. The molecule has 1 aromatic rings. The first-order chi connectivity index (χ1) is 10.1. The van der Waals surface area contributed by atoms with E-state index in [2.05, 4.69) is 17.6 Å². The number of rotatable bonds is 7. The first-order valence-corrected chi connectivity index (χ1v) is 7.57. The van der Waals surface area contributed by atoms with Gasteiger partial charge in [0.2, 0.25) is 5.91 Å². The molecular weight excluding hydrogens is 266 g/mol. The number of hydrogen-bond donors (Lipinski definition) is 3. The molecule has 0 unspecified atom stereocenters. The maximum atomic E-state index is 11.9. The number of carbonyl (C=O) groups excluding carboxylic acids is 2. The molecule has 1 aromatic carbocycles. The van der Waals surface area contributed by atoms with E-state index in [0.29, 0.717) is 23.7 Å². The van der Waals surface area contributed by atoms with E-state index >= 15 is 0 Å². The average Bonchev–Trinajstić information content (AvgIpc) is 3.29. The molecule has 114 valence electrons. The number of nitrogens with two attached hydrogens (primary N) is 1. The van der Waals surface area contributed by atoms with Crippen LogP contribution in [0.15, 0.2) is 24.3 Å².